The highest BCUT2D eigenvalue weighted by Gasteiger charge is 2.02. The van der Waals surface area contributed by atoms with Crippen LogP contribution in [0.5, 0.6) is 17.2 Å². The van der Waals surface area contributed by atoms with Gasteiger partial charge in [0, 0.05) is 10.0 Å². The number of rotatable bonds is 7. The molecule has 0 aromatic heterocycles. The quantitative estimate of drug-likeness (QED) is 0.563. The SMILES string of the molecule is COc1ccc(OCCOc2ccc(Br)c(C=O)c2)cc1. The van der Waals surface area contributed by atoms with E-state index in [1.54, 1.807) is 25.3 Å². The van der Waals surface area contributed by atoms with E-state index in [0.717, 1.165) is 22.3 Å². The van der Waals surface area contributed by atoms with E-state index in [9.17, 15) is 4.79 Å². The van der Waals surface area contributed by atoms with E-state index in [4.69, 9.17) is 14.2 Å². The Balaban J connectivity index is 1.80. The fraction of sp³-hybridized carbons (Fsp3) is 0.188. The van der Waals surface area contributed by atoms with E-state index in [1.165, 1.54) is 0 Å². The first-order valence-corrected chi connectivity index (χ1v) is 7.16. The minimum Gasteiger partial charge on any atom is -0.497 e. The molecule has 0 heterocycles. The number of hydrogen-bond donors (Lipinski definition) is 0. The third kappa shape index (κ3) is 4.49. The summed E-state index contributed by atoms with van der Waals surface area (Å²) in [5.41, 5.74) is 0.559. The molecule has 0 unspecified atom stereocenters. The largest absolute Gasteiger partial charge is 0.497 e. The molecule has 2 aromatic carbocycles. The van der Waals surface area contributed by atoms with Crippen molar-refractivity contribution in [2.75, 3.05) is 20.3 Å². The minimum atomic E-state index is 0.395. The number of hydrogen-bond acceptors (Lipinski definition) is 4. The molecule has 0 amide bonds. The first-order chi connectivity index (χ1) is 10.2. The first kappa shape index (κ1) is 15.4. The van der Waals surface area contributed by atoms with Gasteiger partial charge in [0.1, 0.15) is 30.5 Å². The Labute approximate surface area is 131 Å². The van der Waals surface area contributed by atoms with Gasteiger partial charge in [-0.1, -0.05) is 15.9 Å². The van der Waals surface area contributed by atoms with Crippen LogP contribution in [0.3, 0.4) is 0 Å². The number of halogens is 1. The van der Waals surface area contributed by atoms with E-state index in [2.05, 4.69) is 15.9 Å². The lowest BCUT2D eigenvalue weighted by Crippen LogP contribution is -2.09. The van der Waals surface area contributed by atoms with Crippen LogP contribution in [0.15, 0.2) is 46.9 Å². The molecular formula is C16H15BrO4. The van der Waals surface area contributed by atoms with Gasteiger partial charge in [-0.15, -0.1) is 0 Å². The molecule has 0 N–H and O–H groups in total. The zero-order valence-electron chi connectivity index (χ0n) is 11.5. The van der Waals surface area contributed by atoms with E-state index in [-0.39, 0.29) is 0 Å². The highest BCUT2D eigenvalue weighted by Crippen LogP contribution is 2.21. The molecule has 0 atom stereocenters. The molecule has 0 aliphatic rings. The molecule has 110 valence electrons. The number of benzene rings is 2. The molecule has 4 nitrogen and oxygen atoms in total. The van der Waals surface area contributed by atoms with Crippen LogP contribution in [0.1, 0.15) is 10.4 Å². The summed E-state index contributed by atoms with van der Waals surface area (Å²) in [5.74, 6) is 2.18. The highest BCUT2D eigenvalue weighted by atomic mass is 79.9. The predicted molar refractivity (Wildman–Crippen MR) is 83.5 cm³/mol. The monoisotopic (exact) mass is 350 g/mol. The Hall–Kier alpha value is -2.01. The number of ether oxygens (including phenoxy) is 3. The van der Waals surface area contributed by atoms with E-state index < -0.39 is 0 Å². The second-order valence-corrected chi connectivity index (χ2v) is 5.03. The van der Waals surface area contributed by atoms with E-state index in [1.807, 2.05) is 24.3 Å². The Kier molecular flexibility index (Phi) is 5.63. The standard InChI is InChI=1S/C16H15BrO4/c1-19-13-2-4-14(5-3-13)20-8-9-21-15-6-7-16(17)12(10-15)11-18/h2-7,10-11H,8-9H2,1H3. The summed E-state index contributed by atoms with van der Waals surface area (Å²) in [4.78, 5) is 10.8. The summed E-state index contributed by atoms with van der Waals surface area (Å²) >= 11 is 3.29. The first-order valence-electron chi connectivity index (χ1n) is 6.37. The average Bonchev–Trinajstić information content (AvgIpc) is 2.53. The molecule has 0 aliphatic heterocycles. The van der Waals surface area contributed by atoms with Crippen molar-refractivity contribution in [1.29, 1.82) is 0 Å². The molecule has 0 radical (unpaired) electrons. The second kappa shape index (κ2) is 7.69. The van der Waals surface area contributed by atoms with Crippen molar-refractivity contribution in [1.82, 2.24) is 0 Å². The lowest BCUT2D eigenvalue weighted by molar-refractivity contribution is 0.112. The van der Waals surface area contributed by atoms with Crippen molar-refractivity contribution in [2.45, 2.75) is 0 Å². The molecule has 0 saturated carbocycles. The number of methoxy groups -OCH3 is 1. The molecule has 5 heteroatoms. The molecule has 0 spiro atoms. The Morgan fingerprint density at radius 2 is 1.52 bits per heavy atom. The van der Waals surface area contributed by atoms with Gasteiger partial charge >= 0.3 is 0 Å². The van der Waals surface area contributed by atoms with Gasteiger partial charge in [0.05, 0.1) is 7.11 Å². The van der Waals surface area contributed by atoms with Crippen molar-refractivity contribution < 1.29 is 19.0 Å². The van der Waals surface area contributed by atoms with Gasteiger partial charge < -0.3 is 14.2 Å². The van der Waals surface area contributed by atoms with Crippen LogP contribution < -0.4 is 14.2 Å². The molecule has 0 saturated heterocycles. The summed E-state index contributed by atoms with van der Waals surface area (Å²) in [7, 11) is 1.62. The molecule has 2 aromatic rings. The van der Waals surface area contributed by atoms with Crippen LogP contribution in [-0.4, -0.2) is 26.6 Å². The van der Waals surface area contributed by atoms with Gasteiger partial charge in [0.2, 0.25) is 0 Å². The van der Waals surface area contributed by atoms with Crippen molar-refractivity contribution in [3.8, 4) is 17.2 Å². The van der Waals surface area contributed by atoms with E-state index >= 15 is 0 Å². The lowest BCUT2D eigenvalue weighted by atomic mass is 10.2. The van der Waals surface area contributed by atoms with E-state index in [0.29, 0.717) is 24.5 Å². The summed E-state index contributed by atoms with van der Waals surface area (Å²) < 4.78 is 16.9. The van der Waals surface area contributed by atoms with Gasteiger partial charge in [-0.25, -0.2) is 0 Å². The molecule has 0 fully saturated rings. The second-order valence-electron chi connectivity index (χ2n) is 4.17. The Morgan fingerprint density at radius 3 is 2.14 bits per heavy atom. The number of carbonyl (C=O) groups is 1. The van der Waals surface area contributed by atoms with Gasteiger partial charge in [0.15, 0.2) is 6.29 Å². The molecule has 21 heavy (non-hydrogen) atoms. The number of aldehydes is 1. The lowest BCUT2D eigenvalue weighted by Gasteiger charge is -2.09. The van der Waals surface area contributed by atoms with Gasteiger partial charge in [-0.05, 0) is 42.5 Å². The molecule has 0 aliphatic carbocycles. The minimum absolute atomic E-state index is 0.395. The van der Waals surface area contributed by atoms with Crippen LogP contribution >= 0.6 is 15.9 Å². The average molecular weight is 351 g/mol. The predicted octanol–water partition coefficient (Wildman–Crippen LogP) is 3.73. The fourth-order valence-electron chi connectivity index (χ4n) is 1.69. The maximum atomic E-state index is 10.8. The van der Waals surface area contributed by atoms with Crippen LogP contribution in [0.4, 0.5) is 0 Å². The topological polar surface area (TPSA) is 44.8 Å². The van der Waals surface area contributed by atoms with Crippen molar-refractivity contribution in [3.63, 3.8) is 0 Å². The Morgan fingerprint density at radius 1 is 0.952 bits per heavy atom. The van der Waals surface area contributed by atoms with Gasteiger partial charge in [0.25, 0.3) is 0 Å². The van der Waals surface area contributed by atoms with Crippen molar-refractivity contribution >= 4 is 22.2 Å². The molecular weight excluding hydrogens is 336 g/mol. The molecule has 0 bridgehead atoms. The zero-order chi connectivity index (χ0) is 15.1. The van der Waals surface area contributed by atoms with Crippen LogP contribution in [0, 0.1) is 0 Å². The van der Waals surface area contributed by atoms with Crippen molar-refractivity contribution in [2.24, 2.45) is 0 Å². The van der Waals surface area contributed by atoms with Crippen LogP contribution in [-0.2, 0) is 0 Å². The van der Waals surface area contributed by atoms with Crippen LogP contribution in [0.2, 0.25) is 0 Å². The summed E-state index contributed by atoms with van der Waals surface area (Å²) in [5, 5.41) is 0. The molecule has 2 rings (SSSR count). The number of carbonyl (C=O) groups excluding carboxylic acids is 1. The zero-order valence-corrected chi connectivity index (χ0v) is 13.1. The summed E-state index contributed by atoms with van der Waals surface area (Å²) in [6, 6.07) is 12.6. The third-order valence-electron chi connectivity index (χ3n) is 2.77. The fourth-order valence-corrected chi connectivity index (χ4v) is 2.03. The third-order valence-corrected chi connectivity index (χ3v) is 3.50. The Bertz CT molecular complexity index is 596. The van der Waals surface area contributed by atoms with Crippen LogP contribution in [0.25, 0.3) is 0 Å². The highest BCUT2D eigenvalue weighted by molar-refractivity contribution is 9.10. The summed E-state index contributed by atoms with van der Waals surface area (Å²) in [6.45, 7) is 0.810. The normalized spacial score (nSPS) is 10.0. The maximum absolute atomic E-state index is 10.8. The smallest absolute Gasteiger partial charge is 0.151 e. The van der Waals surface area contributed by atoms with Gasteiger partial charge in [-0.2, -0.15) is 0 Å². The van der Waals surface area contributed by atoms with Crippen molar-refractivity contribution in [3.05, 3.63) is 52.5 Å². The maximum Gasteiger partial charge on any atom is 0.151 e. The summed E-state index contributed by atoms with van der Waals surface area (Å²) in [6.07, 6.45) is 0.783. The van der Waals surface area contributed by atoms with Gasteiger partial charge in [-0.3, -0.25) is 4.79 Å².